The van der Waals surface area contributed by atoms with Crippen LogP contribution >= 0.6 is 0 Å². The minimum Gasteiger partial charge on any atom is -0.376 e. The molecule has 60 valence electrons. The quantitative estimate of drug-likeness (QED) is 0.453. The van der Waals surface area contributed by atoms with Crippen molar-refractivity contribution < 1.29 is 9.90 Å². The number of carbonyl (C=O) groups excluding carboxylic acids is 1. The molecule has 0 spiro atoms. The molecule has 4 heteroatoms. The van der Waals surface area contributed by atoms with Gasteiger partial charge in [-0.1, -0.05) is 13.3 Å². The fourth-order valence-corrected chi connectivity index (χ4v) is 0.651. The topological polar surface area (TPSA) is 75.4 Å². The Morgan fingerprint density at radius 1 is 1.80 bits per heavy atom. The SMILES string of the molecule is CCCC(N)C(=O)NCO. The molecule has 1 amide bonds. The first-order valence-electron chi connectivity index (χ1n) is 3.36. The van der Waals surface area contributed by atoms with E-state index in [2.05, 4.69) is 5.32 Å². The van der Waals surface area contributed by atoms with Gasteiger partial charge < -0.3 is 16.2 Å². The summed E-state index contributed by atoms with van der Waals surface area (Å²) in [7, 11) is 0. The van der Waals surface area contributed by atoms with E-state index in [1.807, 2.05) is 6.92 Å². The van der Waals surface area contributed by atoms with Gasteiger partial charge >= 0.3 is 0 Å². The second-order valence-corrected chi connectivity index (χ2v) is 2.09. The largest absolute Gasteiger partial charge is 0.376 e. The first-order chi connectivity index (χ1) is 4.72. The summed E-state index contributed by atoms with van der Waals surface area (Å²) in [6.07, 6.45) is 1.53. The third-order valence-corrected chi connectivity index (χ3v) is 1.19. The van der Waals surface area contributed by atoms with E-state index < -0.39 is 6.04 Å². The monoisotopic (exact) mass is 146 g/mol. The third-order valence-electron chi connectivity index (χ3n) is 1.19. The average Bonchev–Trinajstić information content (AvgIpc) is 1.89. The summed E-state index contributed by atoms with van der Waals surface area (Å²) in [6, 6.07) is -0.475. The number of amides is 1. The molecule has 0 aliphatic heterocycles. The van der Waals surface area contributed by atoms with Gasteiger partial charge in [0, 0.05) is 0 Å². The van der Waals surface area contributed by atoms with Gasteiger partial charge in [-0.25, -0.2) is 0 Å². The number of nitrogens with one attached hydrogen (secondary N) is 1. The first-order valence-corrected chi connectivity index (χ1v) is 3.36. The van der Waals surface area contributed by atoms with Crippen molar-refractivity contribution in [3.8, 4) is 0 Å². The molecule has 10 heavy (non-hydrogen) atoms. The minimum absolute atomic E-state index is 0.288. The second-order valence-electron chi connectivity index (χ2n) is 2.09. The fourth-order valence-electron chi connectivity index (χ4n) is 0.651. The smallest absolute Gasteiger partial charge is 0.238 e. The Labute approximate surface area is 60.4 Å². The van der Waals surface area contributed by atoms with Gasteiger partial charge in [-0.3, -0.25) is 4.79 Å². The Kier molecular flexibility index (Phi) is 4.88. The average molecular weight is 146 g/mol. The molecule has 0 aromatic rings. The van der Waals surface area contributed by atoms with Gasteiger partial charge in [0.15, 0.2) is 0 Å². The van der Waals surface area contributed by atoms with E-state index in [0.29, 0.717) is 6.42 Å². The van der Waals surface area contributed by atoms with Gasteiger partial charge in [0.1, 0.15) is 6.73 Å². The van der Waals surface area contributed by atoms with Crippen LogP contribution in [0, 0.1) is 0 Å². The van der Waals surface area contributed by atoms with Crippen molar-refractivity contribution in [3.63, 3.8) is 0 Å². The van der Waals surface area contributed by atoms with Crippen LogP contribution < -0.4 is 11.1 Å². The predicted molar refractivity (Wildman–Crippen MR) is 38.1 cm³/mol. The van der Waals surface area contributed by atoms with Gasteiger partial charge in [0.25, 0.3) is 0 Å². The lowest BCUT2D eigenvalue weighted by molar-refractivity contribution is -0.123. The van der Waals surface area contributed by atoms with Gasteiger partial charge in [-0.15, -0.1) is 0 Å². The molecule has 1 unspecified atom stereocenters. The maximum atomic E-state index is 10.7. The lowest BCUT2D eigenvalue weighted by Gasteiger charge is -2.08. The Morgan fingerprint density at radius 2 is 2.40 bits per heavy atom. The molecule has 4 nitrogen and oxygen atoms in total. The van der Waals surface area contributed by atoms with E-state index in [9.17, 15) is 4.79 Å². The molecular formula is C6H14N2O2. The van der Waals surface area contributed by atoms with Gasteiger partial charge in [0.2, 0.25) is 5.91 Å². The summed E-state index contributed by atoms with van der Waals surface area (Å²) in [5, 5.41) is 10.5. The lowest BCUT2D eigenvalue weighted by atomic mass is 10.2. The molecule has 0 aromatic heterocycles. The summed E-state index contributed by atoms with van der Waals surface area (Å²) in [5.74, 6) is -0.288. The highest BCUT2D eigenvalue weighted by Gasteiger charge is 2.09. The zero-order chi connectivity index (χ0) is 7.98. The van der Waals surface area contributed by atoms with Crippen molar-refractivity contribution in [3.05, 3.63) is 0 Å². The van der Waals surface area contributed by atoms with Crippen LogP contribution in [0.2, 0.25) is 0 Å². The molecule has 0 saturated carbocycles. The van der Waals surface area contributed by atoms with Crippen molar-refractivity contribution in [2.24, 2.45) is 5.73 Å². The van der Waals surface area contributed by atoms with E-state index in [-0.39, 0.29) is 12.6 Å². The van der Waals surface area contributed by atoms with E-state index in [0.717, 1.165) is 6.42 Å². The molecule has 0 aromatic carbocycles. The lowest BCUT2D eigenvalue weighted by Crippen LogP contribution is -2.40. The summed E-state index contributed by atoms with van der Waals surface area (Å²) in [5.41, 5.74) is 5.39. The van der Waals surface area contributed by atoms with Gasteiger partial charge in [-0.2, -0.15) is 0 Å². The molecule has 0 rings (SSSR count). The molecule has 0 radical (unpaired) electrons. The summed E-state index contributed by atoms with van der Waals surface area (Å²) in [4.78, 5) is 10.7. The summed E-state index contributed by atoms with van der Waals surface area (Å²) >= 11 is 0. The Bertz CT molecular complexity index is 106. The van der Waals surface area contributed by atoms with Crippen molar-refractivity contribution in [1.82, 2.24) is 5.32 Å². The summed E-state index contributed by atoms with van der Waals surface area (Å²) in [6.45, 7) is 1.61. The van der Waals surface area contributed by atoms with Crippen LogP contribution in [0.1, 0.15) is 19.8 Å². The van der Waals surface area contributed by atoms with E-state index >= 15 is 0 Å². The zero-order valence-corrected chi connectivity index (χ0v) is 6.13. The van der Waals surface area contributed by atoms with E-state index in [4.69, 9.17) is 10.8 Å². The molecule has 0 fully saturated rings. The molecule has 0 heterocycles. The highest BCUT2D eigenvalue weighted by atomic mass is 16.3. The van der Waals surface area contributed by atoms with Crippen LogP contribution in [0.25, 0.3) is 0 Å². The number of aliphatic hydroxyl groups excluding tert-OH is 1. The van der Waals surface area contributed by atoms with Crippen LogP contribution in [0.15, 0.2) is 0 Å². The standard InChI is InChI=1S/C6H14N2O2/c1-2-3-5(7)6(10)8-4-9/h5,9H,2-4,7H2,1H3,(H,8,10). The molecule has 0 bridgehead atoms. The molecule has 0 saturated heterocycles. The second kappa shape index (κ2) is 5.20. The maximum Gasteiger partial charge on any atom is 0.238 e. The third kappa shape index (κ3) is 3.42. The minimum atomic E-state index is -0.475. The molecule has 0 aliphatic rings. The van der Waals surface area contributed by atoms with Crippen LogP contribution in [0.4, 0.5) is 0 Å². The van der Waals surface area contributed by atoms with Crippen molar-refractivity contribution in [2.75, 3.05) is 6.73 Å². The van der Waals surface area contributed by atoms with Gasteiger partial charge in [-0.05, 0) is 6.42 Å². The Balaban J connectivity index is 3.49. The maximum absolute atomic E-state index is 10.7. The van der Waals surface area contributed by atoms with Crippen LogP contribution in [-0.4, -0.2) is 23.8 Å². The predicted octanol–water partition coefficient (Wildman–Crippen LogP) is -0.820. The zero-order valence-electron chi connectivity index (χ0n) is 6.13. The summed E-state index contributed by atoms with van der Waals surface area (Å²) < 4.78 is 0. The van der Waals surface area contributed by atoms with Crippen molar-refractivity contribution >= 4 is 5.91 Å². The number of carbonyl (C=O) groups is 1. The fraction of sp³-hybridized carbons (Fsp3) is 0.833. The number of aliphatic hydroxyl groups is 1. The number of nitrogens with two attached hydrogens (primary N) is 1. The first kappa shape index (κ1) is 9.39. The normalized spacial score (nSPS) is 12.7. The Hall–Kier alpha value is -0.610. The molecule has 0 aliphatic carbocycles. The Morgan fingerprint density at radius 3 is 2.80 bits per heavy atom. The highest BCUT2D eigenvalue weighted by molar-refractivity contribution is 5.81. The van der Waals surface area contributed by atoms with Gasteiger partial charge in [0.05, 0.1) is 6.04 Å². The van der Waals surface area contributed by atoms with E-state index in [1.54, 1.807) is 0 Å². The molecular weight excluding hydrogens is 132 g/mol. The van der Waals surface area contributed by atoms with Crippen molar-refractivity contribution in [1.29, 1.82) is 0 Å². The van der Waals surface area contributed by atoms with Crippen molar-refractivity contribution in [2.45, 2.75) is 25.8 Å². The number of hydrogen-bond acceptors (Lipinski definition) is 3. The molecule has 1 atom stereocenters. The van der Waals surface area contributed by atoms with Crippen LogP contribution in [0.5, 0.6) is 0 Å². The number of hydrogen-bond donors (Lipinski definition) is 3. The van der Waals surface area contributed by atoms with Crippen LogP contribution in [0.3, 0.4) is 0 Å². The van der Waals surface area contributed by atoms with Crippen LogP contribution in [-0.2, 0) is 4.79 Å². The number of rotatable bonds is 4. The molecule has 4 N–H and O–H groups in total. The highest BCUT2D eigenvalue weighted by Crippen LogP contribution is 1.91. The van der Waals surface area contributed by atoms with E-state index in [1.165, 1.54) is 0 Å².